The van der Waals surface area contributed by atoms with Gasteiger partial charge in [0.15, 0.2) is 0 Å². The second kappa shape index (κ2) is 12.9. The summed E-state index contributed by atoms with van der Waals surface area (Å²) in [5, 5.41) is 7.74. The number of nitrogens with one attached hydrogen (secondary N) is 2. The summed E-state index contributed by atoms with van der Waals surface area (Å²) < 4.78 is 10.3. The van der Waals surface area contributed by atoms with E-state index in [2.05, 4.69) is 15.6 Å². The number of anilines is 2. The molecule has 0 saturated heterocycles. The Bertz CT molecular complexity index is 1300. The van der Waals surface area contributed by atoms with E-state index in [1.165, 1.54) is 43.5 Å². The highest BCUT2D eigenvalue weighted by molar-refractivity contribution is 7.13. The number of carbonyl (C=O) groups excluding carboxylic acids is 3. The minimum absolute atomic E-state index is 0.0322. The van der Waals surface area contributed by atoms with Crippen LogP contribution in [0.2, 0.25) is 15.1 Å². The van der Waals surface area contributed by atoms with Crippen LogP contribution in [0.25, 0.3) is 0 Å². The quantitative estimate of drug-likeness (QED) is 0.316. The number of thiophene rings is 1. The highest BCUT2D eigenvalue weighted by atomic mass is 35.5. The summed E-state index contributed by atoms with van der Waals surface area (Å²) in [7, 11) is 2.91. The maximum atomic E-state index is 13.2. The molecule has 2 aromatic heterocycles. The van der Waals surface area contributed by atoms with Crippen molar-refractivity contribution in [2.24, 2.45) is 5.73 Å². The van der Waals surface area contributed by atoms with Crippen LogP contribution in [-0.4, -0.2) is 55.1 Å². The standard InChI is InChI=1S/C23H22Cl3N5O5S/c1-31(23(34)36-6-5-27)10-12-11-37-20(18(12)26)22(33)30-19-15(7-14(25)8-16(19)35-2)21(32)29-17-4-3-13(24)9-28-17/h3-4,7-9,11H,5-6,10,27H2,1-2H3,(H,30,33)(H,28,29,32). The van der Waals surface area contributed by atoms with E-state index in [0.29, 0.717) is 10.6 Å². The molecule has 0 radical (unpaired) electrons. The molecule has 0 aliphatic heterocycles. The number of hydrogen-bond acceptors (Lipinski definition) is 8. The fraction of sp³-hybridized carbons (Fsp3) is 0.217. The molecule has 0 aliphatic rings. The molecule has 0 aliphatic carbocycles. The summed E-state index contributed by atoms with van der Waals surface area (Å²) in [6.07, 6.45) is 0.805. The Morgan fingerprint density at radius 1 is 1.11 bits per heavy atom. The molecule has 37 heavy (non-hydrogen) atoms. The predicted octanol–water partition coefficient (Wildman–Crippen LogP) is 5.14. The first kappa shape index (κ1) is 28.5. The van der Waals surface area contributed by atoms with E-state index in [9.17, 15) is 14.4 Å². The van der Waals surface area contributed by atoms with Crippen LogP contribution in [-0.2, 0) is 11.3 Å². The number of nitrogens with zero attached hydrogens (tertiary/aromatic N) is 2. The zero-order valence-electron chi connectivity index (χ0n) is 19.6. The van der Waals surface area contributed by atoms with Crippen molar-refractivity contribution in [2.45, 2.75) is 6.54 Å². The molecule has 0 unspecified atom stereocenters. The van der Waals surface area contributed by atoms with Crippen LogP contribution < -0.4 is 21.1 Å². The molecule has 2 heterocycles. The monoisotopic (exact) mass is 585 g/mol. The number of nitrogens with two attached hydrogens (primary N) is 1. The van der Waals surface area contributed by atoms with Crippen LogP contribution in [0.1, 0.15) is 25.6 Å². The number of amides is 3. The van der Waals surface area contributed by atoms with E-state index in [1.54, 1.807) is 11.4 Å². The van der Waals surface area contributed by atoms with E-state index in [4.69, 9.17) is 50.0 Å². The molecule has 196 valence electrons. The van der Waals surface area contributed by atoms with Crippen molar-refractivity contribution >= 4 is 75.6 Å². The van der Waals surface area contributed by atoms with Gasteiger partial charge in [0, 0.05) is 36.4 Å². The third kappa shape index (κ3) is 7.24. The second-order valence-corrected chi connectivity index (χ2v) is 9.59. The molecule has 0 saturated carbocycles. The number of hydrogen-bond donors (Lipinski definition) is 3. The van der Waals surface area contributed by atoms with Gasteiger partial charge in [0.1, 0.15) is 23.1 Å². The van der Waals surface area contributed by atoms with Crippen molar-refractivity contribution in [1.29, 1.82) is 0 Å². The zero-order chi connectivity index (χ0) is 27.1. The lowest BCUT2D eigenvalue weighted by Gasteiger charge is -2.16. The normalized spacial score (nSPS) is 10.5. The van der Waals surface area contributed by atoms with Gasteiger partial charge in [-0.1, -0.05) is 34.8 Å². The van der Waals surface area contributed by atoms with Gasteiger partial charge in [-0.15, -0.1) is 11.3 Å². The number of pyridine rings is 1. The topological polar surface area (TPSA) is 136 Å². The number of carbonyl (C=O) groups is 3. The van der Waals surface area contributed by atoms with Gasteiger partial charge in [0.25, 0.3) is 11.8 Å². The number of ether oxygens (including phenoxy) is 2. The summed E-state index contributed by atoms with van der Waals surface area (Å²) in [6, 6.07) is 5.93. The molecule has 0 bridgehead atoms. The van der Waals surface area contributed by atoms with Crippen LogP contribution in [0.15, 0.2) is 35.8 Å². The first-order valence-corrected chi connectivity index (χ1v) is 12.6. The molecule has 0 spiro atoms. The van der Waals surface area contributed by atoms with E-state index < -0.39 is 17.9 Å². The second-order valence-electron chi connectivity index (χ2n) is 7.46. The molecule has 3 amide bonds. The number of aromatic nitrogens is 1. The minimum atomic E-state index is -0.596. The smallest absolute Gasteiger partial charge is 0.409 e. The first-order chi connectivity index (χ1) is 17.6. The van der Waals surface area contributed by atoms with E-state index >= 15 is 0 Å². The van der Waals surface area contributed by atoms with Crippen LogP contribution in [0.4, 0.5) is 16.3 Å². The van der Waals surface area contributed by atoms with Crippen molar-refractivity contribution in [2.75, 3.05) is 37.9 Å². The van der Waals surface area contributed by atoms with Crippen molar-refractivity contribution in [1.82, 2.24) is 9.88 Å². The van der Waals surface area contributed by atoms with Gasteiger partial charge >= 0.3 is 6.09 Å². The van der Waals surface area contributed by atoms with Gasteiger partial charge in [-0.05, 0) is 23.6 Å². The van der Waals surface area contributed by atoms with Crippen molar-refractivity contribution < 1.29 is 23.9 Å². The van der Waals surface area contributed by atoms with E-state index in [0.717, 1.165) is 11.3 Å². The predicted molar refractivity (Wildman–Crippen MR) is 144 cm³/mol. The van der Waals surface area contributed by atoms with Crippen LogP contribution >= 0.6 is 46.1 Å². The summed E-state index contributed by atoms with van der Waals surface area (Å²) in [6.45, 7) is 0.395. The molecule has 3 rings (SSSR count). The van der Waals surface area contributed by atoms with Gasteiger partial charge in [-0.3, -0.25) is 9.59 Å². The fourth-order valence-corrected chi connectivity index (χ4v) is 4.63. The molecule has 1 aromatic carbocycles. The number of halogens is 3. The number of methoxy groups -OCH3 is 1. The van der Waals surface area contributed by atoms with Gasteiger partial charge in [0.2, 0.25) is 0 Å². The average Bonchev–Trinajstić information content (AvgIpc) is 3.24. The Morgan fingerprint density at radius 2 is 1.86 bits per heavy atom. The summed E-state index contributed by atoms with van der Waals surface area (Å²) in [5.41, 5.74) is 6.00. The SMILES string of the molecule is COc1cc(Cl)cc(C(=O)Nc2ccc(Cl)cn2)c1NC(=O)c1scc(CN(C)C(=O)OCCN)c1Cl. The molecule has 0 atom stereocenters. The molecule has 10 nitrogen and oxygen atoms in total. The number of benzene rings is 1. The third-order valence-electron chi connectivity index (χ3n) is 4.81. The molecular weight excluding hydrogens is 565 g/mol. The van der Waals surface area contributed by atoms with E-state index in [1.807, 2.05) is 0 Å². The van der Waals surface area contributed by atoms with Crippen LogP contribution in [0.3, 0.4) is 0 Å². The summed E-state index contributed by atoms with van der Waals surface area (Å²) in [4.78, 5) is 43.8. The Kier molecular flexibility index (Phi) is 9.95. The van der Waals surface area contributed by atoms with Crippen molar-refractivity contribution in [3.8, 4) is 5.75 Å². The van der Waals surface area contributed by atoms with Crippen LogP contribution in [0.5, 0.6) is 5.75 Å². The lowest BCUT2D eigenvalue weighted by atomic mass is 10.1. The van der Waals surface area contributed by atoms with E-state index in [-0.39, 0.29) is 57.4 Å². The van der Waals surface area contributed by atoms with Gasteiger partial charge < -0.3 is 30.7 Å². The van der Waals surface area contributed by atoms with Gasteiger partial charge in [-0.2, -0.15) is 0 Å². The van der Waals surface area contributed by atoms with Gasteiger partial charge in [-0.25, -0.2) is 9.78 Å². The molecular formula is C23H22Cl3N5O5S. The third-order valence-corrected chi connectivity index (χ3v) is 6.82. The van der Waals surface area contributed by atoms with Crippen LogP contribution in [0, 0.1) is 0 Å². The summed E-state index contributed by atoms with van der Waals surface area (Å²) >= 11 is 19.6. The largest absolute Gasteiger partial charge is 0.494 e. The first-order valence-electron chi connectivity index (χ1n) is 10.6. The van der Waals surface area contributed by atoms with Crippen molar-refractivity contribution in [3.63, 3.8) is 0 Å². The highest BCUT2D eigenvalue weighted by Gasteiger charge is 2.24. The highest BCUT2D eigenvalue weighted by Crippen LogP contribution is 2.35. The molecule has 0 fully saturated rings. The molecule has 4 N–H and O–H groups in total. The maximum absolute atomic E-state index is 13.2. The minimum Gasteiger partial charge on any atom is -0.494 e. The lowest BCUT2D eigenvalue weighted by Crippen LogP contribution is -2.28. The molecule has 3 aromatic rings. The van der Waals surface area contributed by atoms with Gasteiger partial charge in [0.05, 0.1) is 35.0 Å². The Morgan fingerprint density at radius 3 is 2.51 bits per heavy atom. The Hall–Kier alpha value is -3.09. The Balaban J connectivity index is 1.84. The lowest BCUT2D eigenvalue weighted by molar-refractivity contribution is 0.102. The Labute approximate surface area is 231 Å². The summed E-state index contributed by atoms with van der Waals surface area (Å²) in [5.74, 6) is -0.786. The van der Waals surface area contributed by atoms with Crippen molar-refractivity contribution in [3.05, 3.63) is 66.9 Å². The molecule has 14 heteroatoms. The number of rotatable bonds is 9. The fourth-order valence-electron chi connectivity index (χ4n) is 3.07. The maximum Gasteiger partial charge on any atom is 0.409 e. The zero-order valence-corrected chi connectivity index (χ0v) is 22.7. The average molecular weight is 587 g/mol.